The van der Waals surface area contributed by atoms with Crippen LogP contribution in [-0.4, -0.2) is 26.2 Å². The SMILES string of the molecule is CP1(C)(C)CC[CH+]O1. The molecule has 1 heterocycles. The molecule has 0 aliphatic carbocycles. The van der Waals surface area contributed by atoms with Gasteiger partial charge in [-0.1, -0.05) is 0 Å². The molecule has 0 saturated carbocycles. The summed E-state index contributed by atoms with van der Waals surface area (Å²) in [6.07, 6.45) is 2.42. The van der Waals surface area contributed by atoms with Crippen LogP contribution < -0.4 is 0 Å². The van der Waals surface area contributed by atoms with Crippen LogP contribution in [0.5, 0.6) is 0 Å². The van der Waals surface area contributed by atoms with E-state index in [-0.39, 0.29) is 0 Å². The monoisotopic (exact) mass is 133 g/mol. The van der Waals surface area contributed by atoms with Crippen LogP contribution in [-0.2, 0) is 4.52 Å². The fourth-order valence-electron chi connectivity index (χ4n) is 0.874. The van der Waals surface area contributed by atoms with Crippen molar-refractivity contribution in [3.05, 3.63) is 6.61 Å². The summed E-state index contributed by atoms with van der Waals surface area (Å²) in [5.74, 6) is 0. The van der Waals surface area contributed by atoms with Crippen molar-refractivity contribution in [1.29, 1.82) is 0 Å². The van der Waals surface area contributed by atoms with Crippen LogP contribution in [0.15, 0.2) is 0 Å². The van der Waals surface area contributed by atoms with Crippen molar-refractivity contribution < 1.29 is 4.52 Å². The number of hydrogen-bond donors (Lipinski definition) is 0. The molecule has 0 aromatic rings. The molecule has 8 heavy (non-hydrogen) atoms. The van der Waals surface area contributed by atoms with E-state index in [1.807, 2.05) is 6.61 Å². The molecule has 1 fully saturated rings. The van der Waals surface area contributed by atoms with Crippen LogP contribution in [0.2, 0.25) is 0 Å². The van der Waals surface area contributed by atoms with Crippen molar-refractivity contribution in [2.75, 3.05) is 26.2 Å². The van der Waals surface area contributed by atoms with Gasteiger partial charge in [-0.05, 0) is 0 Å². The van der Waals surface area contributed by atoms with Crippen LogP contribution in [0.1, 0.15) is 6.42 Å². The molecule has 1 rings (SSSR count). The molecule has 0 N–H and O–H groups in total. The molecule has 0 unspecified atom stereocenters. The van der Waals surface area contributed by atoms with Gasteiger partial charge in [-0.15, -0.1) is 0 Å². The molecule has 48 valence electrons. The van der Waals surface area contributed by atoms with E-state index in [0.717, 1.165) is 6.42 Å². The summed E-state index contributed by atoms with van der Waals surface area (Å²) in [6.45, 7) is 7.19. The molecule has 2 heteroatoms. The fraction of sp³-hybridized carbons (Fsp3) is 0.833. The number of rotatable bonds is 0. The van der Waals surface area contributed by atoms with Crippen LogP contribution >= 0.6 is 6.83 Å². The van der Waals surface area contributed by atoms with Gasteiger partial charge >= 0.3 is 50.5 Å². The summed E-state index contributed by atoms with van der Waals surface area (Å²) < 4.78 is 5.53. The van der Waals surface area contributed by atoms with Gasteiger partial charge in [0.25, 0.3) is 0 Å². The molecule has 1 nitrogen and oxygen atoms in total. The normalized spacial score (nSPS) is 37.1. The second-order valence-corrected chi connectivity index (χ2v) is 10.3. The first-order valence-corrected chi connectivity index (χ1v) is 6.67. The Kier molecular flexibility index (Phi) is 1.12. The minimum absolute atomic E-state index is 1.15. The maximum absolute atomic E-state index is 5.53. The van der Waals surface area contributed by atoms with E-state index in [0.29, 0.717) is 0 Å². The zero-order valence-electron chi connectivity index (χ0n) is 5.85. The van der Waals surface area contributed by atoms with Gasteiger partial charge in [-0.3, -0.25) is 0 Å². The van der Waals surface area contributed by atoms with Crippen molar-refractivity contribution in [1.82, 2.24) is 0 Å². The maximum atomic E-state index is 5.53. The van der Waals surface area contributed by atoms with E-state index in [4.69, 9.17) is 4.52 Å². The Morgan fingerprint density at radius 1 is 1.38 bits per heavy atom. The van der Waals surface area contributed by atoms with Gasteiger partial charge in [0.15, 0.2) is 0 Å². The molecule has 1 saturated heterocycles. The van der Waals surface area contributed by atoms with E-state index < -0.39 is 6.83 Å². The average molecular weight is 133 g/mol. The van der Waals surface area contributed by atoms with Gasteiger partial charge < -0.3 is 0 Å². The first kappa shape index (κ1) is 6.38. The van der Waals surface area contributed by atoms with Gasteiger partial charge in [0.1, 0.15) is 0 Å². The molecule has 0 radical (unpaired) electrons. The Morgan fingerprint density at radius 3 is 2.12 bits per heavy atom. The van der Waals surface area contributed by atoms with Crippen molar-refractivity contribution in [2.24, 2.45) is 0 Å². The Balaban J connectivity index is 2.67. The summed E-state index contributed by atoms with van der Waals surface area (Å²) in [6, 6.07) is 0. The van der Waals surface area contributed by atoms with Gasteiger partial charge in [-0.25, -0.2) is 0 Å². The first-order valence-electron chi connectivity index (χ1n) is 2.98. The third-order valence-corrected chi connectivity index (χ3v) is 4.19. The minimum atomic E-state index is -1.55. The Labute approximate surface area is 51.4 Å². The van der Waals surface area contributed by atoms with Crippen molar-refractivity contribution in [3.63, 3.8) is 0 Å². The second-order valence-electron chi connectivity index (χ2n) is 3.75. The molecular weight excluding hydrogens is 119 g/mol. The number of hydrogen-bond acceptors (Lipinski definition) is 1. The van der Waals surface area contributed by atoms with Gasteiger partial charge in [0.2, 0.25) is 0 Å². The third-order valence-electron chi connectivity index (χ3n) is 1.47. The van der Waals surface area contributed by atoms with Crippen LogP contribution in [0.4, 0.5) is 0 Å². The fourth-order valence-corrected chi connectivity index (χ4v) is 2.62. The predicted molar refractivity (Wildman–Crippen MR) is 39.6 cm³/mol. The average Bonchev–Trinajstić information content (AvgIpc) is 1.81. The quantitative estimate of drug-likeness (QED) is 0.362. The third kappa shape index (κ3) is 1.37. The summed E-state index contributed by atoms with van der Waals surface area (Å²) in [5, 5.41) is 0. The standard InChI is InChI=1S/C6H14OP/c1-8(2,3)6-4-5-7-8/h5H,4,6H2,1-3H3/q+1. The van der Waals surface area contributed by atoms with E-state index in [1.165, 1.54) is 6.16 Å². The molecular formula is C6H14OP+. The van der Waals surface area contributed by atoms with Crippen LogP contribution in [0.3, 0.4) is 0 Å². The zero-order valence-corrected chi connectivity index (χ0v) is 6.74. The summed E-state index contributed by atoms with van der Waals surface area (Å²) >= 11 is 0. The summed E-state index contributed by atoms with van der Waals surface area (Å²) in [4.78, 5) is 0. The van der Waals surface area contributed by atoms with E-state index in [9.17, 15) is 0 Å². The molecule has 0 aromatic heterocycles. The molecule has 1 aliphatic rings. The Morgan fingerprint density at radius 2 is 2.00 bits per heavy atom. The summed E-state index contributed by atoms with van der Waals surface area (Å²) in [7, 11) is 0. The van der Waals surface area contributed by atoms with Gasteiger partial charge in [0, 0.05) is 0 Å². The molecule has 0 aromatic carbocycles. The molecule has 0 bridgehead atoms. The van der Waals surface area contributed by atoms with Crippen LogP contribution in [0, 0.1) is 6.61 Å². The Hall–Kier alpha value is 0.260. The van der Waals surface area contributed by atoms with E-state index in [1.54, 1.807) is 0 Å². The van der Waals surface area contributed by atoms with Crippen molar-refractivity contribution >= 4 is 6.83 Å². The van der Waals surface area contributed by atoms with E-state index >= 15 is 0 Å². The zero-order chi connectivity index (χ0) is 6.28. The molecule has 0 amide bonds. The Bertz CT molecular complexity index is 90.8. The molecule has 0 atom stereocenters. The van der Waals surface area contributed by atoms with Crippen molar-refractivity contribution in [2.45, 2.75) is 6.42 Å². The molecule has 1 aliphatic heterocycles. The van der Waals surface area contributed by atoms with E-state index in [2.05, 4.69) is 20.0 Å². The van der Waals surface area contributed by atoms with Gasteiger partial charge in [-0.2, -0.15) is 0 Å². The summed E-state index contributed by atoms with van der Waals surface area (Å²) in [5.41, 5.74) is 0. The topological polar surface area (TPSA) is 9.23 Å². The molecule has 0 spiro atoms. The first-order chi connectivity index (χ1) is 3.47. The van der Waals surface area contributed by atoms with Crippen molar-refractivity contribution in [3.8, 4) is 0 Å². The second kappa shape index (κ2) is 1.40. The van der Waals surface area contributed by atoms with Gasteiger partial charge in [0.05, 0.1) is 0 Å². The predicted octanol–water partition coefficient (Wildman–Crippen LogP) is 1.93. The van der Waals surface area contributed by atoms with Crippen LogP contribution in [0.25, 0.3) is 0 Å².